The number of carbonyl (C=O) groups is 3. The summed E-state index contributed by atoms with van der Waals surface area (Å²) >= 11 is 0. The number of rotatable bonds is 10. The van der Waals surface area contributed by atoms with Gasteiger partial charge >= 0.3 is 11.9 Å². The van der Waals surface area contributed by atoms with E-state index in [1.807, 2.05) is 6.07 Å². The first kappa shape index (κ1) is 22.1. The first-order chi connectivity index (χ1) is 13.9. The van der Waals surface area contributed by atoms with Crippen molar-refractivity contribution in [1.82, 2.24) is 4.90 Å². The maximum absolute atomic E-state index is 12.7. The maximum Gasteiger partial charge on any atom is 0.320 e. The van der Waals surface area contributed by atoms with E-state index in [4.69, 9.17) is 9.47 Å². The zero-order chi connectivity index (χ0) is 21.2. The van der Waals surface area contributed by atoms with Crippen molar-refractivity contribution in [3.05, 3.63) is 65.2 Å². The van der Waals surface area contributed by atoms with Crippen LogP contribution in [0.25, 0.3) is 0 Å². The fraction of sp³-hybridized carbons (Fsp3) is 0.318. The molecule has 154 valence electrons. The van der Waals surface area contributed by atoms with Gasteiger partial charge in [0.25, 0.3) is 0 Å². The van der Waals surface area contributed by atoms with Crippen molar-refractivity contribution in [1.29, 1.82) is 0 Å². The van der Waals surface area contributed by atoms with Gasteiger partial charge in [-0.1, -0.05) is 30.3 Å². The SMILES string of the molecule is CCOC(=O)CN(CC(=O)OCC)Cc1cc(C(=O)c2ccccc2)ccc1O. The van der Waals surface area contributed by atoms with Gasteiger partial charge in [-0.3, -0.25) is 19.3 Å². The molecule has 0 spiro atoms. The lowest BCUT2D eigenvalue weighted by Gasteiger charge is -2.21. The summed E-state index contributed by atoms with van der Waals surface area (Å²) in [5.41, 5.74) is 1.34. The van der Waals surface area contributed by atoms with Gasteiger partial charge in [-0.15, -0.1) is 0 Å². The number of hydrogen-bond acceptors (Lipinski definition) is 7. The molecule has 0 aliphatic carbocycles. The molecule has 2 aromatic rings. The molecular weight excluding hydrogens is 374 g/mol. The number of ether oxygens (including phenoxy) is 2. The largest absolute Gasteiger partial charge is 0.508 e. The van der Waals surface area contributed by atoms with Crippen molar-refractivity contribution in [2.24, 2.45) is 0 Å². The van der Waals surface area contributed by atoms with Crippen LogP contribution in [-0.2, 0) is 25.6 Å². The lowest BCUT2D eigenvalue weighted by molar-refractivity contribution is -0.148. The predicted molar refractivity (Wildman–Crippen MR) is 107 cm³/mol. The highest BCUT2D eigenvalue weighted by Crippen LogP contribution is 2.22. The van der Waals surface area contributed by atoms with Crippen molar-refractivity contribution in [2.75, 3.05) is 26.3 Å². The molecule has 0 radical (unpaired) electrons. The highest BCUT2D eigenvalue weighted by molar-refractivity contribution is 6.09. The van der Waals surface area contributed by atoms with Crippen LogP contribution in [0.3, 0.4) is 0 Å². The Morgan fingerprint density at radius 2 is 1.45 bits per heavy atom. The van der Waals surface area contributed by atoms with E-state index in [0.29, 0.717) is 16.7 Å². The van der Waals surface area contributed by atoms with E-state index in [9.17, 15) is 19.5 Å². The Morgan fingerprint density at radius 3 is 2.00 bits per heavy atom. The van der Waals surface area contributed by atoms with Crippen molar-refractivity contribution in [3.8, 4) is 5.75 Å². The summed E-state index contributed by atoms with van der Waals surface area (Å²) in [5.74, 6) is -1.21. The molecule has 0 heterocycles. The van der Waals surface area contributed by atoms with Crippen LogP contribution < -0.4 is 0 Å². The van der Waals surface area contributed by atoms with Crippen LogP contribution in [-0.4, -0.2) is 54.0 Å². The first-order valence-corrected chi connectivity index (χ1v) is 9.39. The highest BCUT2D eigenvalue weighted by atomic mass is 16.5. The molecule has 0 fully saturated rings. The van der Waals surface area contributed by atoms with E-state index < -0.39 is 11.9 Å². The van der Waals surface area contributed by atoms with Gasteiger partial charge < -0.3 is 14.6 Å². The molecular formula is C22H25NO6. The van der Waals surface area contributed by atoms with E-state index in [-0.39, 0.29) is 44.4 Å². The molecule has 7 heteroatoms. The van der Waals surface area contributed by atoms with Gasteiger partial charge in [-0.2, -0.15) is 0 Å². The molecule has 0 aromatic heterocycles. The zero-order valence-corrected chi connectivity index (χ0v) is 16.6. The van der Waals surface area contributed by atoms with Crippen LogP contribution in [0.1, 0.15) is 35.3 Å². The number of ketones is 1. The second kappa shape index (κ2) is 11.0. The Bertz CT molecular complexity index is 830. The fourth-order valence-electron chi connectivity index (χ4n) is 2.80. The number of phenolic OH excluding ortho intramolecular Hbond substituents is 1. The molecule has 0 amide bonds. The Kier molecular flexibility index (Phi) is 8.36. The van der Waals surface area contributed by atoms with Crippen molar-refractivity contribution < 1.29 is 29.0 Å². The van der Waals surface area contributed by atoms with E-state index in [1.165, 1.54) is 17.0 Å². The predicted octanol–water partition coefficient (Wildman–Crippen LogP) is 2.55. The Hall–Kier alpha value is -3.19. The number of esters is 2. The first-order valence-electron chi connectivity index (χ1n) is 9.39. The lowest BCUT2D eigenvalue weighted by Crippen LogP contribution is -2.35. The lowest BCUT2D eigenvalue weighted by atomic mass is 10.0. The summed E-state index contributed by atoms with van der Waals surface area (Å²) in [6.07, 6.45) is 0. The normalized spacial score (nSPS) is 10.6. The van der Waals surface area contributed by atoms with Crippen LogP contribution in [0.5, 0.6) is 5.75 Å². The zero-order valence-electron chi connectivity index (χ0n) is 16.6. The minimum atomic E-state index is -0.493. The number of aromatic hydroxyl groups is 1. The summed E-state index contributed by atoms with van der Waals surface area (Å²) in [6, 6.07) is 13.3. The van der Waals surface area contributed by atoms with Gasteiger partial charge in [0, 0.05) is 23.2 Å². The van der Waals surface area contributed by atoms with E-state index in [1.54, 1.807) is 44.2 Å². The number of phenols is 1. The quantitative estimate of drug-likeness (QED) is 0.485. The molecule has 1 N–H and O–H groups in total. The van der Waals surface area contributed by atoms with Crippen LogP contribution in [0.4, 0.5) is 0 Å². The van der Waals surface area contributed by atoms with Crippen molar-refractivity contribution in [2.45, 2.75) is 20.4 Å². The maximum atomic E-state index is 12.7. The molecule has 2 aromatic carbocycles. The van der Waals surface area contributed by atoms with Gasteiger partial charge in [0.05, 0.1) is 26.3 Å². The van der Waals surface area contributed by atoms with E-state index in [2.05, 4.69) is 0 Å². The van der Waals surface area contributed by atoms with Gasteiger partial charge in [-0.25, -0.2) is 0 Å². The van der Waals surface area contributed by atoms with Gasteiger partial charge in [0.1, 0.15) is 5.75 Å². The molecule has 0 aliphatic rings. The van der Waals surface area contributed by atoms with E-state index >= 15 is 0 Å². The summed E-state index contributed by atoms with van der Waals surface area (Å²) in [7, 11) is 0. The summed E-state index contributed by atoms with van der Waals surface area (Å²) in [4.78, 5) is 38.0. The van der Waals surface area contributed by atoms with Crippen molar-refractivity contribution >= 4 is 17.7 Å². The van der Waals surface area contributed by atoms with Gasteiger partial charge in [0.2, 0.25) is 0 Å². The van der Waals surface area contributed by atoms with Gasteiger partial charge in [-0.05, 0) is 32.0 Å². The number of benzene rings is 2. The Morgan fingerprint density at radius 1 is 0.862 bits per heavy atom. The molecule has 7 nitrogen and oxygen atoms in total. The minimum absolute atomic E-state index is 0.0349. The molecule has 2 rings (SSSR count). The number of nitrogens with zero attached hydrogens (tertiary/aromatic N) is 1. The minimum Gasteiger partial charge on any atom is -0.508 e. The molecule has 0 atom stereocenters. The fourth-order valence-corrected chi connectivity index (χ4v) is 2.80. The summed E-state index contributed by atoms with van der Waals surface area (Å²) < 4.78 is 9.90. The van der Waals surface area contributed by atoms with E-state index in [0.717, 1.165) is 0 Å². The third kappa shape index (κ3) is 6.73. The van der Waals surface area contributed by atoms with Crippen LogP contribution in [0.2, 0.25) is 0 Å². The van der Waals surface area contributed by atoms with Crippen molar-refractivity contribution in [3.63, 3.8) is 0 Å². The highest BCUT2D eigenvalue weighted by Gasteiger charge is 2.19. The molecule has 29 heavy (non-hydrogen) atoms. The smallest absolute Gasteiger partial charge is 0.320 e. The van der Waals surface area contributed by atoms with Gasteiger partial charge in [0.15, 0.2) is 5.78 Å². The summed E-state index contributed by atoms with van der Waals surface area (Å²) in [6.45, 7) is 3.60. The standard InChI is InChI=1S/C22H25NO6/c1-3-28-20(25)14-23(15-21(26)29-4-2)13-18-12-17(10-11-19(18)24)22(27)16-8-6-5-7-9-16/h5-12,24H,3-4,13-15H2,1-2H3. The average molecular weight is 399 g/mol. The van der Waals surface area contributed by atoms with Crippen LogP contribution in [0.15, 0.2) is 48.5 Å². The third-order valence-corrected chi connectivity index (χ3v) is 4.09. The Balaban J connectivity index is 2.23. The topological polar surface area (TPSA) is 93.1 Å². The second-order valence-electron chi connectivity index (χ2n) is 6.29. The van der Waals surface area contributed by atoms with Crippen LogP contribution in [0, 0.1) is 0 Å². The number of carbonyl (C=O) groups excluding carboxylic acids is 3. The molecule has 0 aliphatic heterocycles. The average Bonchev–Trinajstić information content (AvgIpc) is 2.70. The number of hydrogen-bond donors (Lipinski definition) is 1. The van der Waals surface area contributed by atoms with Crippen LogP contribution >= 0.6 is 0 Å². The summed E-state index contributed by atoms with van der Waals surface area (Å²) in [5, 5.41) is 10.2. The third-order valence-electron chi connectivity index (χ3n) is 4.09. The molecule has 0 saturated heterocycles. The Labute approximate surface area is 169 Å². The monoisotopic (exact) mass is 399 g/mol. The molecule has 0 bridgehead atoms. The molecule has 0 unspecified atom stereocenters. The molecule has 0 saturated carbocycles. The second-order valence-corrected chi connectivity index (χ2v) is 6.29.